The number of hydrogen-bond donors (Lipinski definition) is 0. The lowest BCUT2D eigenvalue weighted by molar-refractivity contribution is -0.143. The van der Waals surface area contributed by atoms with Gasteiger partial charge in [0.1, 0.15) is 0 Å². The van der Waals surface area contributed by atoms with Crippen molar-refractivity contribution in [2.24, 2.45) is 0 Å². The van der Waals surface area contributed by atoms with Crippen LogP contribution in [0.1, 0.15) is 35.3 Å². The average molecular weight is 448 g/mol. The average Bonchev–Trinajstić information content (AvgIpc) is 2.75. The lowest BCUT2D eigenvalue weighted by atomic mass is 9.98. The second-order valence-electron chi connectivity index (χ2n) is 5.02. The summed E-state index contributed by atoms with van der Waals surface area (Å²) in [6.45, 7) is 3.16. The first kappa shape index (κ1) is 18.1. The van der Waals surface area contributed by atoms with Crippen LogP contribution in [0.15, 0.2) is 24.4 Å². The minimum absolute atomic E-state index is 0.146. The van der Waals surface area contributed by atoms with Crippen molar-refractivity contribution in [2.75, 3.05) is 0 Å². The molecular formula is C14H11F6IN2. The summed E-state index contributed by atoms with van der Waals surface area (Å²) in [6, 6.07) is 0.812. The normalized spacial score (nSPS) is 14.1. The van der Waals surface area contributed by atoms with Gasteiger partial charge in [0.2, 0.25) is 0 Å². The van der Waals surface area contributed by atoms with Crippen molar-refractivity contribution in [3.8, 4) is 0 Å². The molecule has 0 aliphatic carbocycles. The number of benzene rings is 1. The number of aryl methyl sites for hydroxylation is 1. The Kier molecular flexibility index (Phi) is 4.71. The third kappa shape index (κ3) is 3.81. The molecule has 126 valence electrons. The van der Waals surface area contributed by atoms with Crippen molar-refractivity contribution in [1.82, 2.24) is 9.78 Å². The molecule has 1 atom stereocenters. The molecule has 0 N–H and O–H groups in total. The zero-order valence-corrected chi connectivity index (χ0v) is 14.1. The van der Waals surface area contributed by atoms with Gasteiger partial charge in [-0.15, -0.1) is 0 Å². The molecule has 0 fully saturated rings. The molecule has 1 aromatic carbocycles. The number of nitrogens with zero attached hydrogens (tertiary/aromatic N) is 2. The van der Waals surface area contributed by atoms with Gasteiger partial charge in [-0.25, -0.2) is 0 Å². The number of hydrogen-bond acceptors (Lipinski definition) is 1. The Labute approximate surface area is 141 Å². The summed E-state index contributed by atoms with van der Waals surface area (Å²) in [5, 5.41) is 4.10. The van der Waals surface area contributed by atoms with Crippen molar-refractivity contribution in [2.45, 2.75) is 32.2 Å². The largest absolute Gasteiger partial charge is 0.416 e. The van der Waals surface area contributed by atoms with Gasteiger partial charge in [0.05, 0.1) is 26.4 Å². The molecule has 1 unspecified atom stereocenters. The van der Waals surface area contributed by atoms with Crippen LogP contribution in [0.5, 0.6) is 0 Å². The third-order valence-corrected chi connectivity index (χ3v) is 4.45. The molecule has 2 aromatic rings. The number of halogens is 7. The molecule has 2 rings (SSSR count). The quantitative estimate of drug-likeness (QED) is 0.442. The van der Waals surface area contributed by atoms with Gasteiger partial charge in [-0.3, -0.25) is 4.68 Å². The van der Waals surface area contributed by atoms with Crippen LogP contribution >= 0.6 is 22.6 Å². The standard InChI is InChI=1S/C14H11F6IN2/c1-7-12(21)6-23(22-7)8(2)10-4-3-9(13(15,16)17)5-11(10)14(18,19)20/h3-6,8H,1-2H3. The molecule has 0 spiro atoms. The highest BCUT2D eigenvalue weighted by atomic mass is 127. The lowest BCUT2D eigenvalue weighted by Crippen LogP contribution is -2.17. The van der Waals surface area contributed by atoms with E-state index in [-0.39, 0.29) is 11.6 Å². The van der Waals surface area contributed by atoms with Crippen LogP contribution in [0.25, 0.3) is 0 Å². The van der Waals surface area contributed by atoms with Gasteiger partial charge in [0.15, 0.2) is 0 Å². The second-order valence-corrected chi connectivity index (χ2v) is 6.18. The Bertz CT molecular complexity index is 698. The van der Waals surface area contributed by atoms with E-state index in [1.54, 1.807) is 13.1 Å². The molecular weight excluding hydrogens is 437 g/mol. The van der Waals surface area contributed by atoms with E-state index >= 15 is 0 Å². The van der Waals surface area contributed by atoms with E-state index in [4.69, 9.17) is 0 Å². The molecule has 0 saturated carbocycles. The molecule has 1 heterocycles. The van der Waals surface area contributed by atoms with Crippen molar-refractivity contribution in [3.63, 3.8) is 0 Å². The van der Waals surface area contributed by atoms with Crippen LogP contribution in [0.3, 0.4) is 0 Å². The molecule has 2 nitrogen and oxygen atoms in total. The Morgan fingerprint density at radius 3 is 2.13 bits per heavy atom. The van der Waals surface area contributed by atoms with E-state index in [9.17, 15) is 26.3 Å². The van der Waals surface area contributed by atoms with Crippen LogP contribution < -0.4 is 0 Å². The number of aromatic nitrogens is 2. The maximum Gasteiger partial charge on any atom is 0.416 e. The molecule has 9 heteroatoms. The van der Waals surface area contributed by atoms with Gasteiger partial charge in [0.25, 0.3) is 0 Å². The van der Waals surface area contributed by atoms with Crippen molar-refractivity contribution in [1.29, 1.82) is 0 Å². The highest BCUT2D eigenvalue weighted by molar-refractivity contribution is 14.1. The molecule has 23 heavy (non-hydrogen) atoms. The SMILES string of the molecule is Cc1nn(C(C)c2ccc(C(F)(F)F)cc2C(F)(F)F)cc1I. The Hall–Kier alpha value is -1.26. The van der Waals surface area contributed by atoms with Crippen LogP contribution in [0, 0.1) is 10.5 Å². The van der Waals surface area contributed by atoms with E-state index in [0.29, 0.717) is 11.8 Å². The third-order valence-electron chi connectivity index (χ3n) is 3.39. The first-order valence-corrected chi connectivity index (χ1v) is 7.48. The summed E-state index contributed by atoms with van der Waals surface area (Å²) in [7, 11) is 0. The van der Waals surface area contributed by atoms with E-state index in [1.807, 2.05) is 22.6 Å². The topological polar surface area (TPSA) is 17.8 Å². The zero-order valence-electron chi connectivity index (χ0n) is 11.9. The predicted molar refractivity (Wildman–Crippen MR) is 79.9 cm³/mol. The summed E-state index contributed by atoms with van der Waals surface area (Å²) in [5.74, 6) is 0. The van der Waals surface area contributed by atoms with Gasteiger partial charge in [-0.05, 0) is 54.1 Å². The maximum absolute atomic E-state index is 13.2. The Morgan fingerprint density at radius 2 is 1.70 bits per heavy atom. The van der Waals surface area contributed by atoms with Crippen LogP contribution in [0.4, 0.5) is 26.3 Å². The second kappa shape index (κ2) is 5.99. The van der Waals surface area contributed by atoms with Crippen LogP contribution in [-0.4, -0.2) is 9.78 Å². The molecule has 0 radical (unpaired) electrons. The summed E-state index contributed by atoms with van der Waals surface area (Å²) < 4.78 is 79.7. The Balaban J connectivity index is 2.57. The minimum Gasteiger partial charge on any atom is -0.264 e. The van der Waals surface area contributed by atoms with Gasteiger partial charge in [-0.1, -0.05) is 6.07 Å². The van der Waals surface area contributed by atoms with E-state index in [2.05, 4.69) is 5.10 Å². The molecule has 0 amide bonds. The van der Waals surface area contributed by atoms with Crippen molar-refractivity contribution < 1.29 is 26.3 Å². The van der Waals surface area contributed by atoms with Gasteiger partial charge in [0, 0.05) is 6.20 Å². The fourth-order valence-corrected chi connectivity index (χ4v) is 2.54. The predicted octanol–water partition coefficient (Wildman–Crippen LogP) is 5.44. The summed E-state index contributed by atoms with van der Waals surface area (Å²) >= 11 is 1.98. The van der Waals surface area contributed by atoms with Crippen LogP contribution in [-0.2, 0) is 12.4 Å². The van der Waals surface area contributed by atoms with Crippen molar-refractivity contribution >= 4 is 22.6 Å². The molecule has 1 aromatic heterocycles. The van der Waals surface area contributed by atoms with Gasteiger partial charge >= 0.3 is 12.4 Å². The molecule has 0 aliphatic heterocycles. The fraction of sp³-hybridized carbons (Fsp3) is 0.357. The molecule has 0 bridgehead atoms. The highest BCUT2D eigenvalue weighted by Crippen LogP contribution is 2.39. The Morgan fingerprint density at radius 1 is 1.09 bits per heavy atom. The first-order valence-electron chi connectivity index (χ1n) is 6.41. The van der Waals surface area contributed by atoms with Gasteiger partial charge < -0.3 is 0 Å². The van der Waals surface area contributed by atoms with Gasteiger partial charge in [-0.2, -0.15) is 31.4 Å². The van der Waals surface area contributed by atoms with E-state index in [0.717, 1.165) is 9.64 Å². The van der Waals surface area contributed by atoms with E-state index < -0.39 is 29.5 Å². The zero-order chi connectivity index (χ0) is 17.6. The highest BCUT2D eigenvalue weighted by Gasteiger charge is 2.39. The van der Waals surface area contributed by atoms with Crippen LogP contribution in [0.2, 0.25) is 0 Å². The minimum atomic E-state index is -4.89. The van der Waals surface area contributed by atoms with Crippen molar-refractivity contribution in [3.05, 3.63) is 50.4 Å². The number of rotatable bonds is 2. The summed E-state index contributed by atoms with van der Waals surface area (Å²) in [6.07, 6.45) is -8.17. The fourth-order valence-electron chi connectivity index (χ4n) is 2.14. The summed E-state index contributed by atoms with van der Waals surface area (Å²) in [5.41, 5.74) is -2.25. The maximum atomic E-state index is 13.2. The van der Waals surface area contributed by atoms with E-state index in [1.165, 1.54) is 11.6 Å². The molecule has 0 saturated heterocycles. The first-order chi connectivity index (χ1) is 10.4. The number of alkyl halides is 6. The molecule has 0 aliphatic rings. The smallest absolute Gasteiger partial charge is 0.264 e. The summed E-state index contributed by atoms with van der Waals surface area (Å²) in [4.78, 5) is 0. The monoisotopic (exact) mass is 448 g/mol. The lowest BCUT2D eigenvalue weighted by Gasteiger charge is -2.20.